The first-order valence-electron chi connectivity index (χ1n) is 6.25. The lowest BCUT2D eigenvalue weighted by Gasteiger charge is -2.17. The summed E-state index contributed by atoms with van der Waals surface area (Å²) in [6, 6.07) is 6.36. The van der Waals surface area contributed by atoms with Crippen molar-refractivity contribution in [1.82, 2.24) is 5.32 Å². The van der Waals surface area contributed by atoms with Crippen molar-refractivity contribution in [2.75, 3.05) is 19.7 Å². The lowest BCUT2D eigenvalue weighted by atomic mass is 9.89. The summed E-state index contributed by atoms with van der Waals surface area (Å²) in [5, 5.41) is 13.8. The quantitative estimate of drug-likeness (QED) is 0.506. The molecule has 0 radical (unpaired) electrons. The van der Waals surface area contributed by atoms with Crippen molar-refractivity contribution in [1.29, 1.82) is 0 Å². The zero-order valence-corrected chi connectivity index (χ0v) is 10.7. The smallest absolute Gasteiger partial charge is 0.310 e. The number of rotatable bonds is 4. The maximum atomic E-state index is 11.8. The van der Waals surface area contributed by atoms with Crippen molar-refractivity contribution in [3.05, 3.63) is 39.9 Å². The van der Waals surface area contributed by atoms with Gasteiger partial charge in [0.2, 0.25) is 0 Å². The summed E-state index contributed by atoms with van der Waals surface area (Å²) in [7, 11) is 0. The molecule has 1 fully saturated rings. The van der Waals surface area contributed by atoms with Gasteiger partial charge in [0.15, 0.2) is 0 Å². The van der Waals surface area contributed by atoms with E-state index in [0.717, 1.165) is 5.56 Å². The van der Waals surface area contributed by atoms with E-state index in [9.17, 15) is 14.9 Å². The van der Waals surface area contributed by atoms with Gasteiger partial charge in [0.25, 0.3) is 5.69 Å². The molecule has 6 heteroatoms. The molecule has 0 aliphatic carbocycles. The number of nitro groups is 1. The van der Waals surface area contributed by atoms with Gasteiger partial charge in [-0.25, -0.2) is 0 Å². The van der Waals surface area contributed by atoms with Gasteiger partial charge in [-0.15, -0.1) is 0 Å². The SMILES string of the molecule is CCOC(=O)C1CNCC1c1ccc([N+](=O)[O-])cc1. The minimum absolute atomic E-state index is 0.0138. The second kappa shape index (κ2) is 5.79. The number of benzene rings is 1. The third-order valence-corrected chi connectivity index (χ3v) is 3.34. The van der Waals surface area contributed by atoms with Gasteiger partial charge in [0.1, 0.15) is 0 Å². The second-order valence-electron chi connectivity index (χ2n) is 4.47. The van der Waals surface area contributed by atoms with Crippen LogP contribution in [0.3, 0.4) is 0 Å². The van der Waals surface area contributed by atoms with Crippen molar-refractivity contribution in [3.63, 3.8) is 0 Å². The van der Waals surface area contributed by atoms with E-state index in [4.69, 9.17) is 4.74 Å². The lowest BCUT2D eigenvalue weighted by molar-refractivity contribution is -0.384. The molecule has 0 aromatic heterocycles. The van der Waals surface area contributed by atoms with Crippen LogP contribution < -0.4 is 5.32 Å². The van der Waals surface area contributed by atoms with Crippen LogP contribution in [0.5, 0.6) is 0 Å². The molecular formula is C13H16N2O4. The van der Waals surface area contributed by atoms with E-state index in [2.05, 4.69) is 5.32 Å². The first-order chi connectivity index (χ1) is 9.13. The Balaban J connectivity index is 2.15. The highest BCUT2D eigenvalue weighted by molar-refractivity contribution is 5.74. The third kappa shape index (κ3) is 2.90. The standard InChI is InChI=1S/C13H16N2O4/c1-2-19-13(16)12-8-14-7-11(12)9-3-5-10(6-4-9)15(17)18/h3-6,11-12,14H,2,7-8H2,1H3. The molecule has 19 heavy (non-hydrogen) atoms. The van der Waals surface area contributed by atoms with Crippen LogP contribution in [0.1, 0.15) is 18.4 Å². The molecule has 1 aliphatic rings. The Hall–Kier alpha value is -1.95. The van der Waals surface area contributed by atoms with Crippen LogP contribution in [0.15, 0.2) is 24.3 Å². The van der Waals surface area contributed by atoms with E-state index in [0.29, 0.717) is 19.7 Å². The minimum atomic E-state index is -0.431. The number of nitro benzene ring substituents is 1. The van der Waals surface area contributed by atoms with Crippen LogP contribution in [0.25, 0.3) is 0 Å². The summed E-state index contributed by atoms with van der Waals surface area (Å²) < 4.78 is 5.05. The van der Waals surface area contributed by atoms with E-state index in [1.54, 1.807) is 19.1 Å². The number of nitrogens with zero attached hydrogens (tertiary/aromatic N) is 1. The molecule has 102 valence electrons. The van der Waals surface area contributed by atoms with Crippen LogP contribution >= 0.6 is 0 Å². The summed E-state index contributed by atoms with van der Waals surface area (Å²) in [4.78, 5) is 22.0. The Morgan fingerprint density at radius 1 is 1.42 bits per heavy atom. The zero-order valence-electron chi connectivity index (χ0n) is 10.7. The molecule has 0 bridgehead atoms. The van der Waals surface area contributed by atoms with E-state index >= 15 is 0 Å². The summed E-state index contributed by atoms with van der Waals surface area (Å²) in [5.41, 5.74) is 0.982. The van der Waals surface area contributed by atoms with Gasteiger partial charge in [0.05, 0.1) is 17.4 Å². The maximum absolute atomic E-state index is 11.8. The average molecular weight is 264 g/mol. The van der Waals surface area contributed by atoms with Crippen LogP contribution in [0.2, 0.25) is 0 Å². The molecule has 2 unspecified atom stereocenters. The highest BCUT2D eigenvalue weighted by atomic mass is 16.6. The lowest BCUT2D eigenvalue weighted by Crippen LogP contribution is -2.24. The molecule has 1 aliphatic heterocycles. The average Bonchev–Trinajstić information content (AvgIpc) is 2.88. The Bertz CT molecular complexity index is 472. The van der Waals surface area contributed by atoms with E-state index < -0.39 is 4.92 Å². The number of hydrogen-bond acceptors (Lipinski definition) is 5. The molecule has 6 nitrogen and oxygen atoms in total. The Morgan fingerprint density at radius 2 is 2.11 bits per heavy atom. The van der Waals surface area contributed by atoms with Crippen molar-refractivity contribution in [2.45, 2.75) is 12.8 Å². The molecule has 2 atom stereocenters. The fourth-order valence-corrected chi connectivity index (χ4v) is 2.37. The van der Waals surface area contributed by atoms with Gasteiger partial charge in [-0.3, -0.25) is 14.9 Å². The normalized spacial score (nSPS) is 22.2. The Kier molecular flexibility index (Phi) is 4.11. The zero-order chi connectivity index (χ0) is 13.8. The number of carbonyl (C=O) groups is 1. The topological polar surface area (TPSA) is 81.5 Å². The molecule has 1 aromatic rings. The molecule has 0 spiro atoms. The van der Waals surface area contributed by atoms with Crippen LogP contribution in [0, 0.1) is 16.0 Å². The fourth-order valence-electron chi connectivity index (χ4n) is 2.37. The van der Waals surface area contributed by atoms with Crippen molar-refractivity contribution >= 4 is 11.7 Å². The van der Waals surface area contributed by atoms with Crippen LogP contribution in [-0.4, -0.2) is 30.6 Å². The first kappa shape index (κ1) is 13.5. The maximum Gasteiger partial charge on any atom is 0.310 e. The van der Waals surface area contributed by atoms with Gasteiger partial charge in [0, 0.05) is 31.1 Å². The second-order valence-corrected chi connectivity index (χ2v) is 4.47. The van der Waals surface area contributed by atoms with Gasteiger partial charge in [-0.05, 0) is 12.5 Å². The van der Waals surface area contributed by atoms with Gasteiger partial charge in [-0.2, -0.15) is 0 Å². The summed E-state index contributed by atoms with van der Waals surface area (Å²) in [5.74, 6) is -0.419. The molecular weight excluding hydrogens is 248 g/mol. The summed E-state index contributed by atoms with van der Waals surface area (Å²) >= 11 is 0. The number of nitrogens with one attached hydrogen (secondary N) is 1. The largest absolute Gasteiger partial charge is 0.466 e. The molecule has 1 heterocycles. The van der Waals surface area contributed by atoms with E-state index in [1.165, 1.54) is 12.1 Å². The number of carbonyl (C=O) groups excluding carboxylic acids is 1. The van der Waals surface area contributed by atoms with Crippen molar-refractivity contribution in [2.24, 2.45) is 5.92 Å². The number of non-ortho nitro benzene ring substituents is 1. The van der Waals surface area contributed by atoms with E-state index in [1.807, 2.05) is 0 Å². The Morgan fingerprint density at radius 3 is 2.68 bits per heavy atom. The van der Waals surface area contributed by atoms with Gasteiger partial charge >= 0.3 is 5.97 Å². The highest BCUT2D eigenvalue weighted by Gasteiger charge is 2.35. The van der Waals surface area contributed by atoms with Gasteiger partial charge < -0.3 is 10.1 Å². The molecule has 2 rings (SSSR count). The molecule has 1 N–H and O–H groups in total. The van der Waals surface area contributed by atoms with Crippen molar-refractivity contribution in [3.8, 4) is 0 Å². The Labute approximate surface area is 110 Å². The molecule has 0 amide bonds. The van der Waals surface area contributed by atoms with E-state index in [-0.39, 0.29) is 23.5 Å². The van der Waals surface area contributed by atoms with Gasteiger partial charge in [-0.1, -0.05) is 12.1 Å². The summed E-state index contributed by atoms with van der Waals surface area (Å²) in [6.45, 7) is 3.41. The predicted molar refractivity (Wildman–Crippen MR) is 68.8 cm³/mol. The van der Waals surface area contributed by atoms with Crippen LogP contribution in [-0.2, 0) is 9.53 Å². The van der Waals surface area contributed by atoms with Crippen LogP contribution in [0.4, 0.5) is 5.69 Å². The monoisotopic (exact) mass is 264 g/mol. The molecule has 0 saturated carbocycles. The third-order valence-electron chi connectivity index (χ3n) is 3.34. The molecule has 1 aromatic carbocycles. The fraction of sp³-hybridized carbons (Fsp3) is 0.462. The first-order valence-corrected chi connectivity index (χ1v) is 6.25. The summed E-state index contributed by atoms with van der Waals surface area (Å²) in [6.07, 6.45) is 0. The number of esters is 1. The van der Waals surface area contributed by atoms with Crippen molar-refractivity contribution < 1.29 is 14.5 Å². The highest BCUT2D eigenvalue weighted by Crippen LogP contribution is 2.30. The number of ether oxygens (including phenoxy) is 1. The predicted octanol–water partition coefficient (Wildman–Crippen LogP) is 1.46. The number of hydrogen-bond donors (Lipinski definition) is 1. The molecule has 1 saturated heterocycles. The minimum Gasteiger partial charge on any atom is -0.466 e.